The van der Waals surface area contributed by atoms with E-state index in [2.05, 4.69) is 0 Å². The van der Waals surface area contributed by atoms with Gasteiger partial charge in [0.1, 0.15) is 0 Å². The van der Waals surface area contributed by atoms with Crippen LogP contribution in [0.2, 0.25) is 0 Å². The van der Waals surface area contributed by atoms with E-state index in [-0.39, 0.29) is 24.0 Å². The Morgan fingerprint density at radius 1 is 0.659 bits per heavy atom. The number of carbonyl (C=O) groups is 2. The molecule has 8 bridgehead atoms. The minimum atomic E-state index is -4.62. The van der Waals surface area contributed by atoms with Gasteiger partial charge in [-0.15, -0.1) is 0 Å². The average Bonchev–Trinajstić information content (AvgIpc) is 2.77. The van der Waals surface area contributed by atoms with Crippen LogP contribution in [0.1, 0.15) is 97.8 Å². The van der Waals surface area contributed by atoms with E-state index in [0.29, 0.717) is 43.4 Å². The maximum Gasteiger partial charge on any atom is 0.404 e. The van der Waals surface area contributed by atoms with Gasteiger partial charge in [0.25, 0.3) is 0 Å². The number of esters is 2. The molecule has 0 heterocycles. The molecular weight excluding hydrogens is 551 g/mol. The van der Waals surface area contributed by atoms with Crippen LogP contribution in [0.3, 0.4) is 0 Å². The Morgan fingerprint density at radius 2 is 1.00 bits per heavy atom. The van der Waals surface area contributed by atoms with Crippen molar-refractivity contribution in [1.82, 2.24) is 0 Å². The van der Waals surface area contributed by atoms with Crippen LogP contribution in [-0.4, -0.2) is 58.7 Å². The minimum Gasteiger partial charge on any atom is -0.464 e. The number of alkyl halides is 5. The van der Waals surface area contributed by atoms with Gasteiger partial charge in [-0.3, -0.25) is 4.79 Å². The molecule has 11 heteroatoms. The zero-order chi connectivity index (χ0) is 30.3. The molecule has 0 aromatic rings. The van der Waals surface area contributed by atoms with Crippen molar-refractivity contribution in [3.05, 3.63) is 0 Å². The summed E-state index contributed by atoms with van der Waals surface area (Å²) in [6.45, 7) is 2.29. The fraction of sp³-hybridized carbons (Fsp3) is 0.933. The van der Waals surface area contributed by atoms with E-state index in [9.17, 15) is 41.8 Å². The highest BCUT2D eigenvalue weighted by atomic mass is 19.4. The molecule has 8 fully saturated rings. The number of aliphatic hydroxyl groups is 2. The number of rotatable bonds is 6. The van der Waals surface area contributed by atoms with Gasteiger partial charge in [-0.25, -0.2) is 4.79 Å². The van der Waals surface area contributed by atoms with Gasteiger partial charge in [-0.1, -0.05) is 0 Å². The molecule has 8 aliphatic rings. The molecule has 4 atom stereocenters. The van der Waals surface area contributed by atoms with Gasteiger partial charge in [0.05, 0.1) is 24.4 Å². The molecule has 0 spiro atoms. The molecule has 234 valence electrons. The molecule has 41 heavy (non-hydrogen) atoms. The zero-order valence-electron chi connectivity index (χ0n) is 24.1. The van der Waals surface area contributed by atoms with Crippen LogP contribution in [0.4, 0.5) is 22.0 Å². The summed E-state index contributed by atoms with van der Waals surface area (Å²) in [5.74, 6) is -4.34. The molecule has 2 N–H and O–H groups in total. The Morgan fingerprint density at radius 3 is 1.29 bits per heavy atom. The Kier molecular flexibility index (Phi) is 7.37. The highest BCUT2D eigenvalue weighted by Gasteiger charge is 2.60. The normalized spacial score (nSPS) is 42.5. The topological polar surface area (TPSA) is 93.1 Å². The highest BCUT2D eigenvalue weighted by molar-refractivity contribution is 5.77. The fourth-order valence-electron chi connectivity index (χ4n) is 10.0. The fourth-order valence-corrected chi connectivity index (χ4v) is 10.0. The smallest absolute Gasteiger partial charge is 0.404 e. The van der Waals surface area contributed by atoms with Gasteiger partial charge < -0.3 is 19.7 Å². The van der Waals surface area contributed by atoms with E-state index in [0.717, 1.165) is 78.1 Å². The van der Waals surface area contributed by atoms with Crippen molar-refractivity contribution in [2.24, 2.45) is 39.9 Å². The Balaban J connectivity index is 0.000000166. The first-order valence-corrected chi connectivity index (χ1v) is 14.9. The van der Waals surface area contributed by atoms with Gasteiger partial charge in [0, 0.05) is 17.8 Å². The van der Waals surface area contributed by atoms with E-state index in [1.807, 2.05) is 0 Å². The third-order valence-electron chi connectivity index (χ3n) is 10.9. The molecule has 0 saturated heterocycles. The number of hydrogen-bond acceptors (Lipinski definition) is 6. The summed E-state index contributed by atoms with van der Waals surface area (Å²) >= 11 is 0. The van der Waals surface area contributed by atoms with Crippen LogP contribution in [-0.2, 0) is 19.1 Å². The zero-order valence-corrected chi connectivity index (χ0v) is 24.1. The quantitative estimate of drug-likeness (QED) is 0.291. The lowest BCUT2D eigenvalue weighted by molar-refractivity contribution is -0.231. The highest BCUT2D eigenvalue weighted by Crippen LogP contribution is 2.63. The van der Waals surface area contributed by atoms with Gasteiger partial charge >= 0.3 is 24.0 Å². The summed E-state index contributed by atoms with van der Waals surface area (Å²) < 4.78 is 74.2. The van der Waals surface area contributed by atoms with E-state index < -0.39 is 40.7 Å². The van der Waals surface area contributed by atoms with E-state index >= 15 is 0 Å². The summed E-state index contributed by atoms with van der Waals surface area (Å²) in [5, 5.41) is 21.1. The third-order valence-corrected chi connectivity index (χ3v) is 10.9. The van der Waals surface area contributed by atoms with Crippen molar-refractivity contribution >= 4 is 11.9 Å². The molecule has 6 nitrogen and oxygen atoms in total. The monoisotopic (exact) mass is 594 g/mol. The Bertz CT molecular complexity index is 1020. The second-order valence-corrected chi connectivity index (χ2v) is 15.5. The first-order chi connectivity index (χ1) is 18.6. The summed E-state index contributed by atoms with van der Waals surface area (Å²) in [5.41, 5.74) is -4.43. The molecule has 8 aliphatic carbocycles. The average molecular weight is 595 g/mol. The largest absolute Gasteiger partial charge is 0.464 e. The predicted octanol–water partition coefficient (Wildman–Crippen LogP) is 5.97. The molecule has 8 saturated carbocycles. The van der Waals surface area contributed by atoms with Crippen molar-refractivity contribution in [2.45, 2.75) is 121 Å². The van der Waals surface area contributed by atoms with Gasteiger partial charge in [-0.05, 0) is 115 Å². The summed E-state index contributed by atoms with van der Waals surface area (Å²) in [4.78, 5) is 23.1. The standard InChI is InChI=1S/C16H23F3O3.C14H20F2O3/c1-13(2,16(17,18)19)12(20)22-9-14-4-10-3-11(5-14)7-15(21,6-10)8-14;1-12(15,16)11(17)19-8-13-3-9-2-10(4-13)6-14(18,5-9)7-13/h10-11,21H,3-9H2,1-2H3;9-10,18H,2-8H2,1H3. The number of hydrogen-bond donors (Lipinski definition) is 2. The SMILES string of the molecule is CC(C)(C(=O)OCC12CC3CC(CC(O)(C3)C1)C2)C(F)(F)F.CC(F)(F)C(=O)OCC12CC3CC(CC(O)(C3)C1)C2. The summed E-state index contributed by atoms with van der Waals surface area (Å²) in [6, 6.07) is 0. The molecule has 0 amide bonds. The van der Waals surface area contributed by atoms with Crippen molar-refractivity contribution in [1.29, 1.82) is 0 Å². The van der Waals surface area contributed by atoms with Crippen LogP contribution in [0.25, 0.3) is 0 Å². The summed E-state index contributed by atoms with van der Waals surface area (Å²) in [6.07, 6.45) is 5.45. The number of carbonyl (C=O) groups excluding carboxylic acids is 2. The van der Waals surface area contributed by atoms with Gasteiger partial charge in [0.15, 0.2) is 5.41 Å². The van der Waals surface area contributed by atoms with Crippen LogP contribution < -0.4 is 0 Å². The van der Waals surface area contributed by atoms with E-state index in [1.54, 1.807) is 0 Å². The molecule has 8 rings (SSSR count). The first kappa shape index (κ1) is 31.0. The van der Waals surface area contributed by atoms with Crippen molar-refractivity contribution in [2.75, 3.05) is 13.2 Å². The molecule has 4 unspecified atom stereocenters. The molecule has 0 aliphatic heterocycles. The second-order valence-electron chi connectivity index (χ2n) is 15.5. The lowest BCUT2D eigenvalue weighted by atomic mass is 9.48. The minimum absolute atomic E-state index is 0.000648. The number of halogens is 5. The number of ether oxygens (including phenoxy) is 2. The lowest BCUT2D eigenvalue weighted by Gasteiger charge is -2.60. The van der Waals surface area contributed by atoms with Crippen LogP contribution in [0, 0.1) is 39.9 Å². The maximum absolute atomic E-state index is 12.9. The van der Waals surface area contributed by atoms with Gasteiger partial charge in [-0.2, -0.15) is 22.0 Å². The van der Waals surface area contributed by atoms with Crippen LogP contribution in [0.5, 0.6) is 0 Å². The maximum atomic E-state index is 12.9. The predicted molar refractivity (Wildman–Crippen MR) is 137 cm³/mol. The lowest BCUT2D eigenvalue weighted by Crippen LogP contribution is -2.57. The van der Waals surface area contributed by atoms with Crippen molar-refractivity contribution < 1.29 is 51.2 Å². The van der Waals surface area contributed by atoms with Crippen LogP contribution in [0.15, 0.2) is 0 Å². The van der Waals surface area contributed by atoms with E-state index in [1.165, 1.54) is 0 Å². The Labute approximate surface area is 237 Å². The Hall–Kier alpha value is -1.49. The summed E-state index contributed by atoms with van der Waals surface area (Å²) in [7, 11) is 0. The van der Waals surface area contributed by atoms with Gasteiger partial charge in [0.2, 0.25) is 0 Å². The van der Waals surface area contributed by atoms with Crippen molar-refractivity contribution in [3.8, 4) is 0 Å². The van der Waals surface area contributed by atoms with Crippen LogP contribution >= 0.6 is 0 Å². The van der Waals surface area contributed by atoms with E-state index in [4.69, 9.17) is 9.47 Å². The third kappa shape index (κ3) is 6.13. The molecule has 0 aromatic carbocycles. The first-order valence-electron chi connectivity index (χ1n) is 14.9. The van der Waals surface area contributed by atoms with Crippen molar-refractivity contribution in [3.63, 3.8) is 0 Å². The second kappa shape index (κ2) is 9.76. The molecule has 0 aromatic heterocycles. The molecular formula is C30H43F5O6. The molecule has 0 radical (unpaired) electrons.